The summed E-state index contributed by atoms with van der Waals surface area (Å²) >= 11 is 0. The average molecular weight is 300 g/mol. The van der Waals surface area contributed by atoms with Crippen LogP contribution in [0.1, 0.15) is 38.5 Å². The largest absolute Gasteiger partial charge is 0.550 e. The first-order chi connectivity index (χ1) is 9.58. The van der Waals surface area contributed by atoms with Gasteiger partial charge in [0, 0.05) is 38.2 Å². The van der Waals surface area contributed by atoms with Crippen LogP contribution < -0.4 is 10.2 Å². The summed E-state index contributed by atoms with van der Waals surface area (Å²) in [6.07, 6.45) is 5.01. The Morgan fingerprint density at radius 2 is 1.85 bits per heavy atom. The Hall–Kier alpha value is -0.420. The van der Waals surface area contributed by atoms with Crippen molar-refractivity contribution in [2.45, 2.75) is 44.6 Å². The lowest BCUT2D eigenvalue weighted by Crippen LogP contribution is -2.36. The fourth-order valence-electron chi connectivity index (χ4n) is 3.20. The number of hydrogen-bond donors (Lipinski definition) is 1. The normalized spacial score (nSPS) is 31.2. The Morgan fingerprint density at radius 3 is 2.40 bits per heavy atom. The maximum Gasteiger partial charge on any atom is 0.284 e. The van der Waals surface area contributed by atoms with E-state index >= 15 is 0 Å². The third-order valence-electron chi connectivity index (χ3n) is 4.50. The van der Waals surface area contributed by atoms with Gasteiger partial charge in [0.15, 0.2) is 0 Å². The molecule has 20 heavy (non-hydrogen) atoms. The van der Waals surface area contributed by atoms with Gasteiger partial charge in [0.25, 0.3) is 7.59 Å². The Balaban J connectivity index is 1.54. The molecule has 0 bridgehead atoms. The van der Waals surface area contributed by atoms with E-state index in [4.69, 9.17) is 0 Å². The fraction of sp³-hybridized carbons (Fsp3) is 0.923. The van der Waals surface area contributed by atoms with E-state index < -0.39 is 13.6 Å². The molecule has 2 unspecified atom stereocenters. The van der Waals surface area contributed by atoms with Gasteiger partial charge in [-0.05, 0) is 31.6 Å². The van der Waals surface area contributed by atoms with Crippen LogP contribution in [0.2, 0.25) is 0 Å². The van der Waals surface area contributed by atoms with Crippen molar-refractivity contribution < 1.29 is 14.5 Å². The predicted molar refractivity (Wildman–Crippen MR) is 73.9 cm³/mol. The number of carbonyl (C=O) groups is 1. The van der Waals surface area contributed by atoms with Crippen molar-refractivity contribution in [2.24, 2.45) is 5.92 Å². The smallest absolute Gasteiger partial charge is 0.284 e. The van der Waals surface area contributed by atoms with Crippen LogP contribution in [0, 0.1) is 5.92 Å². The highest BCUT2D eigenvalue weighted by molar-refractivity contribution is 7.57. The Labute approximate surface area is 120 Å². The first kappa shape index (κ1) is 14.5. The van der Waals surface area contributed by atoms with Crippen LogP contribution in [-0.2, 0) is 9.36 Å². The molecule has 2 heterocycles. The van der Waals surface area contributed by atoms with E-state index in [1.54, 1.807) is 0 Å². The SMILES string of the molecule is O=C([O-])CCC1CCCC(NP(=O)(N2CC2)N2CC2)C1. The standard InChI is InChI=1S/C13H24N3O3P/c17-13(18)5-4-11-2-1-3-12(10-11)14-20(19,15-6-7-15)16-8-9-16/h11-12H,1-10H2,(H,14,19)(H,17,18)/p-1. The number of carboxylic acids is 1. The molecule has 0 aromatic heterocycles. The molecule has 3 aliphatic rings. The molecule has 2 atom stereocenters. The van der Waals surface area contributed by atoms with Crippen LogP contribution in [0.5, 0.6) is 0 Å². The van der Waals surface area contributed by atoms with E-state index in [1.165, 1.54) is 0 Å². The number of nitrogens with one attached hydrogen (secondary N) is 1. The molecule has 0 aromatic rings. The highest BCUT2D eigenvalue weighted by Crippen LogP contribution is 2.57. The Kier molecular flexibility index (Phi) is 4.18. The van der Waals surface area contributed by atoms with Crippen molar-refractivity contribution in [2.75, 3.05) is 26.2 Å². The van der Waals surface area contributed by atoms with E-state index in [0.29, 0.717) is 12.3 Å². The van der Waals surface area contributed by atoms with E-state index in [1.807, 2.05) is 9.34 Å². The van der Waals surface area contributed by atoms with E-state index in [-0.39, 0.29) is 12.5 Å². The van der Waals surface area contributed by atoms with Gasteiger partial charge < -0.3 is 9.90 Å². The van der Waals surface area contributed by atoms with Crippen LogP contribution in [0.4, 0.5) is 0 Å². The van der Waals surface area contributed by atoms with Gasteiger partial charge in [0.05, 0.1) is 0 Å². The highest BCUT2D eigenvalue weighted by Gasteiger charge is 2.48. The number of nitrogens with zero attached hydrogens (tertiary/aromatic N) is 2. The van der Waals surface area contributed by atoms with E-state index in [9.17, 15) is 14.5 Å². The van der Waals surface area contributed by atoms with Crippen molar-refractivity contribution >= 4 is 13.6 Å². The maximum absolute atomic E-state index is 13.0. The Bertz CT molecular complexity index is 407. The van der Waals surface area contributed by atoms with E-state index in [0.717, 1.165) is 51.9 Å². The second-order valence-corrected chi connectivity index (χ2v) is 8.70. The summed E-state index contributed by atoms with van der Waals surface area (Å²) in [6.45, 7) is 3.73. The number of carboxylic acid groups (broad SMARTS) is 1. The van der Waals surface area contributed by atoms with Crippen molar-refractivity contribution in [3.05, 3.63) is 0 Å². The fourth-order valence-corrected chi connectivity index (χ4v) is 5.86. The average Bonchev–Trinajstić information content (AvgIpc) is 3.30. The lowest BCUT2D eigenvalue weighted by Gasteiger charge is -2.33. The van der Waals surface area contributed by atoms with Gasteiger partial charge in [-0.2, -0.15) is 0 Å². The summed E-state index contributed by atoms with van der Waals surface area (Å²) in [5.41, 5.74) is 0. The maximum atomic E-state index is 13.0. The molecule has 0 amide bonds. The molecular weight excluding hydrogens is 277 g/mol. The van der Waals surface area contributed by atoms with E-state index in [2.05, 4.69) is 5.09 Å². The Morgan fingerprint density at radius 1 is 1.20 bits per heavy atom. The lowest BCUT2D eigenvalue weighted by atomic mass is 9.83. The van der Waals surface area contributed by atoms with Gasteiger partial charge in [-0.3, -0.25) is 4.57 Å². The van der Waals surface area contributed by atoms with Crippen LogP contribution >= 0.6 is 7.59 Å². The van der Waals surface area contributed by atoms with Crippen LogP contribution in [0.3, 0.4) is 0 Å². The molecule has 114 valence electrons. The molecule has 0 spiro atoms. The third kappa shape index (κ3) is 3.42. The van der Waals surface area contributed by atoms with Gasteiger partial charge in [0.1, 0.15) is 0 Å². The van der Waals surface area contributed by atoms with Crippen LogP contribution in [0.25, 0.3) is 0 Å². The molecule has 2 aliphatic heterocycles. The minimum absolute atomic E-state index is 0.146. The van der Waals surface area contributed by atoms with Crippen molar-refractivity contribution in [1.29, 1.82) is 0 Å². The molecule has 0 radical (unpaired) electrons. The molecule has 7 heteroatoms. The van der Waals surface area contributed by atoms with Crippen molar-refractivity contribution in [3.63, 3.8) is 0 Å². The lowest BCUT2D eigenvalue weighted by molar-refractivity contribution is -0.306. The molecule has 3 fully saturated rings. The molecule has 2 saturated heterocycles. The second-order valence-electron chi connectivity index (χ2n) is 6.22. The third-order valence-corrected chi connectivity index (χ3v) is 7.54. The predicted octanol–water partition coefficient (Wildman–Crippen LogP) is 0.404. The van der Waals surface area contributed by atoms with Gasteiger partial charge in [-0.1, -0.05) is 12.8 Å². The van der Waals surface area contributed by atoms with Crippen LogP contribution in [-0.4, -0.2) is 47.5 Å². The minimum atomic E-state index is -2.49. The zero-order chi connectivity index (χ0) is 14.2. The quantitative estimate of drug-likeness (QED) is 0.542. The zero-order valence-electron chi connectivity index (χ0n) is 11.8. The summed E-state index contributed by atoms with van der Waals surface area (Å²) in [5, 5.41) is 14.0. The number of rotatable bonds is 7. The number of carbonyl (C=O) groups excluding carboxylic acids is 1. The van der Waals surface area contributed by atoms with Gasteiger partial charge in [-0.25, -0.2) is 14.4 Å². The second kappa shape index (κ2) is 5.76. The first-order valence-corrected chi connectivity index (χ1v) is 9.28. The molecule has 3 rings (SSSR count). The van der Waals surface area contributed by atoms with Gasteiger partial charge in [-0.15, -0.1) is 0 Å². The van der Waals surface area contributed by atoms with Gasteiger partial charge >= 0.3 is 0 Å². The minimum Gasteiger partial charge on any atom is -0.550 e. The molecule has 0 aromatic carbocycles. The van der Waals surface area contributed by atoms with Crippen LogP contribution in [0.15, 0.2) is 0 Å². The first-order valence-electron chi connectivity index (χ1n) is 7.66. The highest BCUT2D eigenvalue weighted by atomic mass is 31.2. The number of hydrogen-bond acceptors (Lipinski definition) is 3. The van der Waals surface area contributed by atoms with Crippen molar-refractivity contribution in [1.82, 2.24) is 14.4 Å². The topological polar surface area (TPSA) is 75.2 Å². The molecule has 1 saturated carbocycles. The summed E-state index contributed by atoms with van der Waals surface area (Å²) in [7, 11) is -2.49. The molecular formula is C13H23N3O3P-. The summed E-state index contributed by atoms with van der Waals surface area (Å²) in [6, 6.07) is 0.266. The number of aliphatic carboxylic acids is 1. The van der Waals surface area contributed by atoms with Crippen molar-refractivity contribution in [3.8, 4) is 0 Å². The summed E-state index contributed by atoms with van der Waals surface area (Å²) in [4.78, 5) is 10.6. The summed E-state index contributed by atoms with van der Waals surface area (Å²) < 4.78 is 17.1. The monoisotopic (exact) mass is 300 g/mol. The zero-order valence-corrected chi connectivity index (χ0v) is 12.7. The van der Waals surface area contributed by atoms with Gasteiger partial charge in [0.2, 0.25) is 0 Å². The summed E-state index contributed by atoms with van der Waals surface area (Å²) in [5.74, 6) is -0.532. The molecule has 1 aliphatic carbocycles. The molecule has 1 N–H and O–H groups in total. The molecule has 6 nitrogen and oxygen atoms in total.